The minimum absolute atomic E-state index is 0.0830. The zero-order chi connectivity index (χ0) is 15.4. The number of ether oxygens (including phenoxy) is 2. The van der Waals surface area contributed by atoms with Gasteiger partial charge in [-0.05, 0) is 42.4 Å². The summed E-state index contributed by atoms with van der Waals surface area (Å²) in [6.07, 6.45) is 2.40. The molecule has 0 spiro atoms. The van der Waals surface area contributed by atoms with Crippen molar-refractivity contribution in [3.63, 3.8) is 0 Å². The topological polar surface area (TPSA) is 30.5 Å². The summed E-state index contributed by atoms with van der Waals surface area (Å²) >= 11 is 0. The van der Waals surface area contributed by atoms with Crippen molar-refractivity contribution in [3.05, 3.63) is 23.8 Å². The Morgan fingerprint density at radius 1 is 1.24 bits per heavy atom. The van der Waals surface area contributed by atoms with E-state index >= 15 is 0 Å². The maximum atomic E-state index is 12.4. The van der Waals surface area contributed by atoms with Crippen LogP contribution in [0, 0.1) is 11.8 Å². The first-order valence-corrected chi connectivity index (χ1v) is 7.36. The van der Waals surface area contributed by atoms with Crippen molar-refractivity contribution >= 4 is 0 Å². The van der Waals surface area contributed by atoms with Gasteiger partial charge in [-0.2, -0.15) is 8.78 Å². The molecule has 5 heteroatoms. The van der Waals surface area contributed by atoms with Gasteiger partial charge < -0.3 is 14.8 Å². The SMILES string of the molecule is COc1ccc(CNC2CCC(C)C2C)cc1OC(F)F. The van der Waals surface area contributed by atoms with Gasteiger partial charge in [0.05, 0.1) is 7.11 Å². The second-order valence-corrected chi connectivity index (χ2v) is 5.76. The fraction of sp³-hybridized carbons (Fsp3) is 0.625. The molecule has 1 N–H and O–H groups in total. The van der Waals surface area contributed by atoms with E-state index in [4.69, 9.17) is 4.74 Å². The lowest BCUT2D eigenvalue weighted by molar-refractivity contribution is -0.0512. The number of hydrogen-bond acceptors (Lipinski definition) is 3. The lowest BCUT2D eigenvalue weighted by Crippen LogP contribution is -2.31. The summed E-state index contributed by atoms with van der Waals surface area (Å²) in [5, 5.41) is 3.51. The monoisotopic (exact) mass is 299 g/mol. The summed E-state index contributed by atoms with van der Waals surface area (Å²) in [6, 6.07) is 5.63. The molecule has 1 aliphatic carbocycles. The highest BCUT2D eigenvalue weighted by Gasteiger charge is 2.29. The molecule has 0 bridgehead atoms. The van der Waals surface area contributed by atoms with Gasteiger partial charge in [-0.3, -0.25) is 0 Å². The average molecular weight is 299 g/mol. The quantitative estimate of drug-likeness (QED) is 0.866. The van der Waals surface area contributed by atoms with Crippen LogP contribution in [0.5, 0.6) is 11.5 Å². The molecule has 0 aliphatic heterocycles. The Balaban J connectivity index is 2.00. The molecule has 1 fully saturated rings. The molecule has 1 aliphatic rings. The van der Waals surface area contributed by atoms with Gasteiger partial charge in [0, 0.05) is 12.6 Å². The molecule has 1 aromatic carbocycles. The Kier molecular flexibility index (Phi) is 5.39. The molecule has 2 rings (SSSR count). The van der Waals surface area contributed by atoms with Crippen LogP contribution in [0.1, 0.15) is 32.3 Å². The first-order chi connectivity index (χ1) is 10.0. The summed E-state index contributed by atoms with van der Waals surface area (Å²) in [7, 11) is 1.44. The maximum Gasteiger partial charge on any atom is 0.387 e. The molecule has 21 heavy (non-hydrogen) atoms. The van der Waals surface area contributed by atoms with Crippen molar-refractivity contribution in [3.8, 4) is 11.5 Å². The number of hydrogen-bond donors (Lipinski definition) is 1. The van der Waals surface area contributed by atoms with Crippen LogP contribution in [0.3, 0.4) is 0 Å². The van der Waals surface area contributed by atoms with Gasteiger partial charge in [0.15, 0.2) is 11.5 Å². The van der Waals surface area contributed by atoms with E-state index in [9.17, 15) is 8.78 Å². The number of methoxy groups -OCH3 is 1. The van der Waals surface area contributed by atoms with Crippen LogP contribution in [0.25, 0.3) is 0 Å². The van der Waals surface area contributed by atoms with Gasteiger partial charge in [0.25, 0.3) is 0 Å². The first-order valence-electron chi connectivity index (χ1n) is 7.36. The summed E-state index contributed by atoms with van der Waals surface area (Å²) in [5.41, 5.74) is 0.915. The molecule has 0 saturated heterocycles. The van der Waals surface area contributed by atoms with Crippen LogP contribution in [0.2, 0.25) is 0 Å². The van der Waals surface area contributed by atoms with Crippen molar-refractivity contribution in [1.82, 2.24) is 5.32 Å². The van der Waals surface area contributed by atoms with E-state index in [0.29, 0.717) is 24.3 Å². The van der Waals surface area contributed by atoms with Gasteiger partial charge in [-0.15, -0.1) is 0 Å². The Labute approximate surface area is 124 Å². The summed E-state index contributed by atoms with van der Waals surface area (Å²) < 4.78 is 34.3. The maximum absolute atomic E-state index is 12.4. The van der Waals surface area contributed by atoms with Crippen molar-refractivity contribution in [1.29, 1.82) is 0 Å². The van der Waals surface area contributed by atoms with Gasteiger partial charge in [-0.1, -0.05) is 19.9 Å². The highest BCUT2D eigenvalue weighted by atomic mass is 19.3. The van der Waals surface area contributed by atoms with E-state index in [1.807, 2.05) is 6.07 Å². The van der Waals surface area contributed by atoms with Crippen molar-refractivity contribution in [2.45, 2.75) is 45.9 Å². The molecule has 1 aromatic rings. The molecular formula is C16H23F2NO2. The smallest absolute Gasteiger partial charge is 0.387 e. The minimum Gasteiger partial charge on any atom is -0.493 e. The Bertz CT molecular complexity index is 468. The van der Waals surface area contributed by atoms with Crippen LogP contribution in [0.4, 0.5) is 8.78 Å². The Morgan fingerprint density at radius 2 is 2.00 bits per heavy atom. The number of nitrogens with one attached hydrogen (secondary N) is 1. The first kappa shape index (κ1) is 16.0. The highest BCUT2D eigenvalue weighted by molar-refractivity contribution is 5.43. The molecule has 0 heterocycles. The predicted octanol–water partition coefficient (Wildman–Crippen LogP) is 3.82. The Hall–Kier alpha value is -1.36. The third kappa shape index (κ3) is 4.06. The predicted molar refractivity (Wildman–Crippen MR) is 77.8 cm³/mol. The van der Waals surface area contributed by atoms with Crippen LogP contribution in [-0.4, -0.2) is 19.8 Å². The second-order valence-electron chi connectivity index (χ2n) is 5.76. The van der Waals surface area contributed by atoms with E-state index in [1.165, 1.54) is 20.0 Å². The molecule has 3 unspecified atom stereocenters. The largest absolute Gasteiger partial charge is 0.493 e. The van der Waals surface area contributed by atoms with Crippen molar-refractivity contribution in [2.75, 3.05) is 7.11 Å². The van der Waals surface area contributed by atoms with Gasteiger partial charge in [0.2, 0.25) is 0 Å². The number of rotatable bonds is 6. The summed E-state index contributed by atoms with van der Waals surface area (Å²) in [6.45, 7) is 2.33. The normalized spacial score (nSPS) is 25.3. The van der Waals surface area contributed by atoms with E-state index in [-0.39, 0.29) is 5.75 Å². The zero-order valence-electron chi connectivity index (χ0n) is 12.7. The lowest BCUT2D eigenvalue weighted by Gasteiger charge is -2.20. The molecule has 0 amide bonds. The third-order valence-electron chi connectivity index (χ3n) is 4.48. The van der Waals surface area contributed by atoms with Crippen LogP contribution >= 0.6 is 0 Å². The number of benzene rings is 1. The van der Waals surface area contributed by atoms with E-state index < -0.39 is 6.61 Å². The van der Waals surface area contributed by atoms with Gasteiger partial charge in [-0.25, -0.2) is 0 Å². The van der Waals surface area contributed by atoms with E-state index in [2.05, 4.69) is 23.9 Å². The van der Waals surface area contributed by atoms with Crippen LogP contribution in [0.15, 0.2) is 18.2 Å². The molecular weight excluding hydrogens is 276 g/mol. The summed E-state index contributed by atoms with van der Waals surface area (Å²) in [5.74, 6) is 1.78. The number of halogens is 2. The second kappa shape index (κ2) is 7.07. The van der Waals surface area contributed by atoms with Crippen molar-refractivity contribution in [2.24, 2.45) is 11.8 Å². The summed E-state index contributed by atoms with van der Waals surface area (Å²) in [4.78, 5) is 0. The standard InChI is InChI=1S/C16H23F2NO2/c1-10-4-6-13(11(10)2)19-9-12-5-7-14(20-3)15(8-12)21-16(17)18/h5,7-8,10-11,13,16,19H,4,6,9H2,1-3H3. The fourth-order valence-electron chi connectivity index (χ4n) is 2.92. The zero-order valence-corrected chi connectivity index (χ0v) is 12.7. The average Bonchev–Trinajstić information content (AvgIpc) is 2.76. The van der Waals surface area contributed by atoms with Crippen molar-refractivity contribution < 1.29 is 18.3 Å². The molecule has 118 valence electrons. The van der Waals surface area contributed by atoms with Gasteiger partial charge in [0.1, 0.15) is 0 Å². The van der Waals surface area contributed by atoms with E-state index in [1.54, 1.807) is 12.1 Å². The molecule has 0 radical (unpaired) electrons. The van der Waals surface area contributed by atoms with Gasteiger partial charge >= 0.3 is 6.61 Å². The highest BCUT2D eigenvalue weighted by Crippen LogP contribution is 2.32. The fourth-order valence-corrected chi connectivity index (χ4v) is 2.92. The molecule has 3 nitrogen and oxygen atoms in total. The molecule has 0 aromatic heterocycles. The van der Waals surface area contributed by atoms with E-state index in [0.717, 1.165) is 11.5 Å². The Morgan fingerprint density at radius 3 is 2.57 bits per heavy atom. The number of alkyl halides is 2. The molecule has 3 atom stereocenters. The minimum atomic E-state index is -2.85. The van der Waals surface area contributed by atoms with Crippen LogP contribution < -0.4 is 14.8 Å². The third-order valence-corrected chi connectivity index (χ3v) is 4.48. The molecule has 1 saturated carbocycles. The van der Waals surface area contributed by atoms with Crippen LogP contribution in [-0.2, 0) is 6.54 Å². The lowest BCUT2D eigenvalue weighted by atomic mass is 9.97.